The van der Waals surface area contributed by atoms with Crippen LogP contribution in [0.15, 0.2) is 36.5 Å². The summed E-state index contributed by atoms with van der Waals surface area (Å²) in [5.41, 5.74) is 0.923. The molecule has 0 aliphatic heterocycles. The van der Waals surface area contributed by atoms with Crippen LogP contribution in [0.1, 0.15) is 11.3 Å². The molecule has 0 radical (unpaired) electrons. The number of aliphatic hydroxyl groups excluding tert-OH is 1. The first-order valence-corrected chi connectivity index (χ1v) is 5.59. The second-order valence-electron chi connectivity index (χ2n) is 3.71. The lowest BCUT2D eigenvalue weighted by Gasteiger charge is -2.11. The number of hydrogen-bond donors (Lipinski definition) is 1. The van der Waals surface area contributed by atoms with Gasteiger partial charge in [-0.05, 0) is 29.8 Å². The highest BCUT2D eigenvalue weighted by Crippen LogP contribution is 2.33. The van der Waals surface area contributed by atoms with Crippen LogP contribution in [0.3, 0.4) is 0 Å². The highest BCUT2D eigenvalue weighted by Gasteiger charge is 2.10. The van der Waals surface area contributed by atoms with Gasteiger partial charge in [-0.1, -0.05) is 6.07 Å². The van der Waals surface area contributed by atoms with E-state index in [0.29, 0.717) is 17.2 Å². The molecule has 0 bridgehead atoms. The van der Waals surface area contributed by atoms with Gasteiger partial charge in [0.05, 0.1) is 13.7 Å². The number of nitriles is 1. The number of rotatable bonds is 4. The summed E-state index contributed by atoms with van der Waals surface area (Å²) in [4.78, 5) is 3.92. The number of aliphatic hydroxyl groups is 1. The van der Waals surface area contributed by atoms with Crippen molar-refractivity contribution in [1.82, 2.24) is 4.98 Å². The van der Waals surface area contributed by atoms with Crippen LogP contribution in [0.25, 0.3) is 0 Å². The molecule has 0 saturated heterocycles. The first kappa shape index (κ1) is 12.9. The predicted octanol–water partition coefficient (Wildman–Crippen LogP) is 2.25. The molecule has 0 amide bonds. The number of methoxy groups -OCH3 is 1. The fourth-order valence-corrected chi connectivity index (χ4v) is 1.57. The SMILES string of the molecule is COc1cc(CO)ccc1Oc1cccnc1C#N. The summed E-state index contributed by atoms with van der Waals surface area (Å²) in [6.07, 6.45) is 1.53. The summed E-state index contributed by atoms with van der Waals surface area (Å²) in [5, 5.41) is 18.0. The van der Waals surface area contributed by atoms with Crippen LogP contribution in [0.2, 0.25) is 0 Å². The zero-order chi connectivity index (χ0) is 13.7. The van der Waals surface area contributed by atoms with Crippen molar-refractivity contribution < 1.29 is 14.6 Å². The Morgan fingerprint density at radius 2 is 2.11 bits per heavy atom. The molecule has 19 heavy (non-hydrogen) atoms. The van der Waals surface area contributed by atoms with Crippen molar-refractivity contribution in [3.63, 3.8) is 0 Å². The number of ether oxygens (including phenoxy) is 2. The lowest BCUT2D eigenvalue weighted by molar-refractivity contribution is 0.280. The van der Waals surface area contributed by atoms with Crippen molar-refractivity contribution in [3.05, 3.63) is 47.8 Å². The predicted molar refractivity (Wildman–Crippen MR) is 67.9 cm³/mol. The lowest BCUT2D eigenvalue weighted by atomic mass is 10.2. The van der Waals surface area contributed by atoms with E-state index in [0.717, 1.165) is 5.56 Å². The maximum atomic E-state index is 9.07. The number of aromatic nitrogens is 1. The van der Waals surface area contributed by atoms with E-state index in [2.05, 4.69) is 4.98 Å². The topological polar surface area (TPSA) is 75.4 Å². The molecule has 2 aromatic rings. The van der Waals surface area contributed by atoms with E-state index in [1.165, 1.54) is 13.3 Å². The van der Waals surface area contributed by atoms with Crippen molar-refractivity contribution in [2.45, 2.75) is 6.61 Å². The van der Waals surface area contributed by atoms with Gasteiger partial charge in [-0.15, -0.1) is 0 Å². The van der Waals surface area contributed by atoms with Crippen LogP contribution in [-0.2, 0) is 6.61 Å². The average Bonchev–Trinajstić information content (AvgIpc) is 2.48. The van der Waals surface area contributed by atoms with Crippen molar-refractivity contribution >= 4 is 0 Å². The fourth-order valence-electron chi connectivity index (χ4n) is 1.57. The highest BCUT2D eigenvalue weighted by molar-refractivity contribution is 5.47. The molecule has 5 nitrogen and oxygen atoms in total. The molecule has 1 aromatic carbocycles. The Morgan fingerprint density at radius 3 is 2.79 bits per heavy atom. The molecule has 0 saturated carbocycles. The molecule has 1 aromatic heterocycles. The summed E-state index contributed by atoms with van der Waals surface area (Å²) >= 11 is 0. The third-order valence-electron chi connectivity index (χ3n) is 2.51. The van der Waals surface area contributed by atoms with E-state index in [1.54, 1.807) is 30.3 Å². The minimum Gasteiger partial charge on any atom is -0.493 e. The standard InChI is InChI=1S/C14H12N2O3/c1-18-14-7-10(9-17)4-5-13(14)19-12-3-2-6-16-11(12)8-15/h2-7,17H,9H2,1H3. The van der Waals surface area contributed by atoms with Crippen LogP contribution >= 0.6 is 0 Å². The molecule has 0 spiro atoms. The molecule has 0 fully saturated rings. The normalized spacial score (nSPS) is 9.74. The van der Waals surface area contributed by atoms with Gasteiger partial charge in [0.15, 0.2) is 22.9 Å². The van der Waals surface area contributed by atoms with Crippen molar-refractivity contribution in [2.75, 3.05) is 7.11 Å². The summed E-state index contributed by atoms with van der Waals surface area (Å²) < 4.78 is 10.8. The first-order chi connectivity index (χ1) is 9.28. The van der Waals surface area contributed by atoms with Crippen LogP contribution in [0, 0.1) is 11.3 Å². The van der Waals surface area contributed by atoms with Gasteiger partial charge in [-0.2, -0.15) is 5.26 Å². The molecule has 5 heteroatoms. The van der Waals surface area contributed by atoms with Crippen molar-refractivity contribution in [3.8, 4) is 23.3 Å². The third-order valence-corrected chi connectivity index (χ3v) is 2.51. The van der Waals surface area contributed by atoms with Gasteiger partial charge >= 0.3 is 0 Å². The highest BCUT2D eigenvalue weighted by atomic mass is 16.5. The monoisotopic (exact) mass is 256 g/mol. The molecular weight excluding hydrogens is 244 g/mol. The van der Waals surface area contributed by atoms with E-state index >= 15 is 0 Å². The molecule has 96 valence electrons. The summed E-state index contributed by atoms with van der Waals surface area (Å²) in [6, 6.07) is 10.4. The van der Waals surface area contributed by atoms with Crippen molar-refractivity contribution in [1.29, 1.82) is 5.26 Å². The fraction of sp³-hybridized carbons (Fsp3) is 0.143. The molecule has 0 unspecified atom stereocenters. The average molecular weight is 256 g/mol. The van der Waals surface area contributed by atoms with Gasteiger partial charge in [-0.25, -0.2) is 4.98 Å². The second kappa shape index (κ2) is 5.85. The Hall–Kier alpha value is -2.58. The molecule has 0 aliphatic rings. The van der Waals surface area contributed by atoms with Gasteiger partial charge in [0.1, 0.15) is 6.07 Å². The number of pyridine rings is 1. The Labute approximate surface area is 110 Å². The Kier molecular flexibility index (Phi) is 3.96. The van der Waals surface area contributed by atoms with Gasteiger partial charge in [-0.3, -0.25) is 0 Å². The van der Waals surface area contributed by atoms with E-state index < -0.39 is 0 Å². The third kappa shape index (κ3) is 2.81. The number of hydrogen-bond acceptors (Lipinski definition) is 5. The van der Waals surface area contributed by atoms with E-state index in [1.807, 2.05) is 6.07 Å². The smallest absolute Gasteiger partial charge is 0.183 e. The maximum absolute atomic E-state index is 9.07. The molecule has 0 atom stereocenters. The Balaban J connectivity index is 2.36. The zero-order valence-corrected chi connectivity index (χ0v) is 10.3. The Morgan fingerprint density at radius 1 is 1.26 bits per heavy atom. The number of nitrogens with zero attached hydrogens (tertiary/aromatic N) is 2. The molecular formula is C14H12N2O3. The van der Waals surface area contributed by atoms with Crippen molar-refractivity contribution in [2.24, 2.45) is 0 Å². The molecule has 1 N–H and O–H groups in total. The van der Waals surface area contributed by atoms with E-state index in [-0.39, 0.29) is 12.3 Å². The zero-order valence-electron chi connectivity index (χ0n) is 10.3. The first-order valence-electron chi connectivity index (χ1n) is 5.59. The summed E-state index contributed by atoms with van der Waals surface area (Å²) in [5.74, 6) is 1.31. The maximum Gasteiger partial charge on any atom is 0.183 e. The van der Waals surface area contributed by atoms with Crippen LogP contribution < -0.4 is 9.47 Å². The van der Waals surface area contributed by atoms with E-state index in [4.69, 9.17) is 19.8 Å². The van der Waals surface area contributed by atoms with Gasteiger partial charge in [0.25, 0.3) is 0 Å². The van der Waals surface area contributed by atoms with Gasteiger partial charge in [0.2, 0.25) is 0 Å². The van der Waals surface area contributed by atoms with E-state index in [9.17, 15) is 0 Å². The minimum absolute atomic E-state index is 0.0764. The van der Waals surface area contributed by atoms with Crippen LogP contribution in [0.4, 0.5) is 0 Å². The molecule has 1 heterocycles. The summed E-state index contributed by atoms with van der Waals surface area (Å²) in [6.45, 7) is -0.0764. The Bertz CT molecular complexity index is 620. The molecule has 2 rings (SSSR count). The quantitative estimate of drug-likeness (QED) is 0.907. The largest absolute Gasteiger partial charge is 0.493 e. The van der Waals surface area contributed by atoms with Crippen LogP contribution in [0.5, 0.6) is 17.2 Å². The lowest BCUT2D eigenvalue weighted by Crippen LogP contribution is -1.95. The molecule has 0 aliphatic carbocycles. The van der Waals surface area contributed by atoms with Crippen LogP contribution in [-0.4, -0.2) is 17.2 Å². The van der Waals surface area contributed by atoms with Gasteiger partial charge in [0, 0.05) is 6.20 Å². The second-order valence-corrected chi connectivity index (χ2v) is 3.71. The van der Waals surface area contributed by atoms with Gasteiger partial charge < -0.3 is 14.6 Å². The minimum atomic E-state index is -0.0764. The number of benzene rings is 1. The summed E-state index contributed by atoms with van der Waals surface area (Å²) in [7, 11) is 1.51.